The first-order valence-electron chi connectivity index (χ1n) is 8.69. The van der Waals surface area contributed by atoms with Crippen LogP contribution in [0.2, 0.25) is 0 Å². The van der Waals surface area contributed by atoms with Gasteiger partial charge in [0.05, 0.1) is 17.7 Å². The number of aromatic amines is 1. The molecule has 0 saturated heterocycles. The van der Waals surface area contributed by atoms with E-state index in [-0.39, 0.29) is 11.7 Å². The summed E-state index contributed by atoms with van der Waals surface area (Å²) in [4.78, 5) is 32.1. The van der Waals surface area contributed by atoms with Crippen LogP contribution in [-0.4, -0.2) is 50.9 Å². The van der Waals surface area contributed by atoms with E-state index >= 15 is 0 Å². The number of carbonyl (C=O) groups excluding carboxylic acids is 2. The number of thiophene rings is 1. The first-order chi connectivity index (χ1) is 13.7. The molecule has 144 valence electrons. The van der Waals surface area contributed by atoms with Crippen LogP contribution in [0.25, 0.3) is 10.7 Å². The molecule has 0 fully saturated rings. The van der Waals surface area contributed by atoms with E-state index in [2.05, 4.69) is 15.2 Å². The zero-order chi connectivity index (χ0) is 19.5. The quantitative estimate of drug-likeness (QED) is 0.510. The van der Waals surface area contributed by atoms with Gasteiger partial charge in [-0.25, -0.2) is 9.78 Å². The maximum atomic E-state index is 12.9. The lowest BCUT2D eigenvalue weighted by atomic mass is 9.94. The molecule has 1 aliphatic rings. The second-order valence-corrected chi connectivity index (χ2v) is 8.16. The van der Waals surface area contributed by atoms with Crippen LogP contribution in [-0.2, 0) is 27.3 Å². The van der Waals surface area contributed by atoms with Crippen molar-refractivity contribution in [3.63, 3.8) is 0 Å². The zero-order valence-electron chi connectivity index (χ0n) is 15.1. The Hall–Kier alpha value is -2.65. The van der Waals surface area contributed by atoms with Gasteiger partial charge in [-0.1, -0.05) is 42.1 Å². The number of esters is 1. The van der Waals surface area contributed by atoms with Crippen molar-refractivity contribution in [2.45, 2.75) is 24.2 Å². The van der Waals surface area contributed by atoms with Crippen molar-refractivity contribution in [1.82, 2.24) is 20.1 Å². The van der Waals surface area contributed by atoms with Gasteiger partial charge in [0, 0.05) is 13.0 Å². The summed E-state index contributed by atoms with van der Waals surface area (Å²) in [5.41, 5.74) is 2.13. The molecular formula is C19H18N4O3S2. The highest BCUT2D eigenvalue weighted by Crippen LogP contribution is 2.27. The van der Waals surface area contributed by atoms with E-state index in [4.69, 9.17) is 4.74 Å². The number of benzene rings is 1. The number of H-pyrrole nitrogens is 1. The lowest BCUT2D eigenvalue weighted by Gasteiger charge is -2.35. The van der Waals surface area contributed by atoms with Gasteiger partial charge >= 0.3 is 5.97 Å². The van der Waals surface area contributed by atoms with Crippen molar-refractivity contribution >= 4 is 35.0 Å². The summed E-state index contributed by atoms with van der Waals surface area (Å²) in [6.07, 6.45) is 0.461. The topological polar surface area (TPSA) is 88.2 Å². The van der Waals surface area contributed by atoms with Crippen molar-refractivity contribution in [3.8, 4) is 10.7 Å². The Morgan fingerprint density at radius 1 is 1.29 bits per heavy atom. The minimum atomic E-state index is -0.609. The maximum absolute atomic E-state index is 12.9. The summed E-state index contributed by atoms with van der Waals surface area (Å²) < 4.78 is 4.92. The molecule has 1 N–H and O–H groups in total. The highest BCUT2D eigenvalue weighted by molar-refractivity contribution is 7.99. The van der Waals surface area contributed by atoms with Gasteiger partial charge in [-0.05, 0) is 22.6 Å². The summed E-state index contributed by atoms with van der Waals surface area (Å²) in [6, 6.07) is 11.1. The first-order valence-corrected chi connectivity index (χ1v) is 10.6. The molecule has 2 aromatic heterocycles. The van der Waals surface area contributed by atoms with E-state index in [1.54, 1.807) is 16.2 Å². The molecule has 1 atom stereocenters. The molecule has 0 aliphatic carbocycles. The molecule has 4 rings (SSSR count). The number of methoxy groups -OCH3 is 1. The third-order valence-electron chi connectivity index (χ3n) is 4.59. The molecule has 1 aliphatic heterocycles. The first kappa shape index (κ1) is 18.7. The number of aromatic nitrogens is 3. The predicted octanol–water partition coefficient (Wildman–Crippen LogP) is 2.75. The Bertz CT molecular complexity index is 987. The second-order valence-electron chi connectivity index (χ2n) is 6.27. The van der Waals surface area contributed by atoms with Crippen molar-refractivity contribution in [3.05, 3.63) is 52.9 Å². The molecule has 1 amide bonds. The fourth-order valence-electron chi connectivity index (χ4n) is 3.18. The fraction of sp³-hybridized carbons (Fsp3) is 0.263. The van der Waals surface area contributed by atoms with Crippen molar-refractivity contribution < 1.29 is 14.3 Å². The molecule has 28 heavy (non-hydrogen) atoms. The highest BCUT2D eigenvalue weighted by atomic mass is 32.2. The molecule has 0 spiro atoms. The highest BCUT2D eigenvalue weighted by Gasteiger charge is 2.35. The molecule has 3 heterocycles. The molecule has 1 aromatic carbocycles. The second kappa shape index (κ2) is 8.15. The van der Waals surface area contributed by atoms with Crippen LogP contribution in [0.15, 0.2) is 46.9 Å². The molecule has 3 aromatic rings. The molecule has 0 saturated carbocycles. The minimum absolute atomic E-state index is 0.141. The summed E-state index contributed by atoms with van der Waals surface area (Å²) in [6.45, 7) is 0.393. The Labute approximate surface area is 170 Å². The van der Waals surface area contributed by atoms with Gasteiger partial charge in [0.15, 0.2) is 5.82 Å². The van der Waals surface area contributed by atoms with Gasteiger partial charge in [0.25, 0.3) is 0 Å². The molecular weight excluding hydrogens is 396 g/mol. The van der Waals surface area contributed by atoms with Gasteiger partial charge in [-0.2, -0.15) is 0 Å². The minimum Gasteiger partial charge on any atom is -0.467 e. The largest absolute Gasteiger partial charge is 0.467 e. The van der Waals surface area contributed by atoms with E-state index in [0.717, 1.165) is 16.0 Å². The SMILES string of the molecule is COC(=O)[C@@H]1Cc2ccccc2CN1C(=O)CSc1n[nH]c(-c2cccs2)n1. The average molecular weight is 415 g/mol. The summed E-state index contributed by atoms with van der Waals surface area (Å²) in [5, 5.41) is 9.53. The van der Waals surface area contributed by atoms with Gasteiger partial charge in [0.1, 0.15) is 6.04 Å². The number of nitrogens with one attached hydrogen (secondary N) is 1. The number of ether oxygens (including phenoxy) is 1. The van der Waals surface area contributed by atoms with E-state index in [0.29, 0.717) is 23.9 Å². The number of hydrogen-bond donors (Lipinski definition) is 1. The Morgan fingerprint density at radius 3 is 2.86 bits per heavy atom. The number of thioether (sulfide) groups is 1. The van der Waals surface area contributed by atoms with Crippen molar-refractivity contribution in [1.29, 1.82) is 0 Å². The molecule has 0 radical (unpaired) electrons. The smallest absolute Gasteiger partial charge is 0.328 e. The van der Waals surface area contributed by atoms with E-state index in [1.807, 2.05) is 41.8 Å². The van der Waals surface area contributed by atoms with Crippen LogP contribution in [0.5, 0.6) is 0 Å². The molecule has 0 bridgehead atoms. The molecule has 0 unspecified atom stereocenters. The molecule has 9 heteroatoms. The normalized spacial score (nSPS) is 15.9. The maximum Gasteiger partial charge on any atom is 0.328 e. The van der Waals surface area contributed by atoms with E-state index in [9.17, 15) is 9.59 Å². The molecule has 7 nitrogen and oxygen atoms in total. The van der Waals surface area contributed by atoms with Gasteiger partial charge in [0.2, 0.25) is 11.1 Å². The Kier molecular flexibility index (Phi) is 5.45. The Balaban J connectivity index is 1.46. The van der Waals surface area contributed by atoms with Gasteiger partial charge in [-0.15, -0.1) is 16.4 Å². The number of nitrogens with zero attached hydrogens (tertiary/aromatic N) is 3. The summed E-state index contributed by atoms with van der Waals surface area (Å²) in [7, 11) is 1.35. The number of hydrogen-bond acceptors (Lipinski definition) is 7. The van der Waals surface area contributed by atoms with Crippen LogP contribution in [0.1, 0.15) is 11.1 Å². The van der Waals surface area contributed by atoms with E-state index < -0.39 is 12.0 Å². The van der Waals surface area contributed by atoms with Gasteiger partial charge < -0.3 is 9.64 Å². The van der Waals surface area contributed by atoms with Crippen LogP contribution >= 0.6 is 23.1 Å². The lowest BCUT2D eigenvalue weighted by Crippen LogP contribution is -2.49. The monoisotopic (exact) mass is 414 g/mol. The fourth-order valence-corrected chi connectivity index (χ4v) is 4.52. The van der Waals surface area contributed by atoms with Gasteiger partial charge in [-0.3, -0.25) is 9.89 Å². The standard InChI is InChI=1S/C19H18N4O3S2/c1-26-18(25)14-9-12-5-2-3-6-13(12)10-23(14)16(24)11-28-19-20-17(21-22-19)15-7-4-8-27-15/h2-8,14H,9-11H2,1H3,(H,20,21,22)/t14-/m0/s1. The van der Waals surface area contributed by atoms with Crippen LogP contribution < -0.4 is 0 Å². The number of amides is 1. The van der Waals surface area contributed by atoms with Crippen LogP contribution in [0.3, 0.4) is 0 Å². The predicted molar refractivity (Wildman–Crippen MR) is 107 cm³/mol. The number of carbonyl (C=O) groups is 2. The van der Waals surface area contributed by atoms with E-state index in [1.165, 1.54) is 18.9 Å². The number of fused-ring (bicyclic) bond motifs is 1. The Morgan fingerprint density at radius 2 is 2.11 bits per heavy atom. The van der Waals surface area contributed by atoms with Crippen LogP contribution in [0.4, 0.5) is 0 Å². The van der Waals surface area contributed by atoms with Crippen molar-refractivity contribution in [2.24, 2.45) is 0 Å². The third-order valence-corrected chi connectivity index (χ3v) is 6.30. The average Bonchev–Trinajstić information content (AvgIpc) is 3.42. The summed E-state index contributed by atoms with van der Waals surface area (Å²) >= 11 is 2.82. The summed E-state index contributed by atoms with van der Waals surface area (Å²) in [5.74, 6) is 0.296. The van der Waals surface area contributed by atoms with Crippen LogP contribution in [0, 0.1) is 0 Å². The number of rotatable bonds is 5. The zero-order valence-corrected chi connectivity index (χ0v) is 16.8. The third kappa shape index (κ3) is 3.81. The van der Waals surface area contributed by atoms with Crippen molar-refractivity contribution in [2.75, 3.05) is 12.9 Å². The lowest BCUT2D eigenvalue weighted by molar-refractivity contribution is -0.153.